The van der Waals surface area contributed by atoms with Crippen LogP contribution < -0.4 is 31.9 Å². The molecule has 0 radical (unpaired) electrons. The molecule has 4 rings (SSSR count). The quantitative estimate of drug-likeness (QED) is 0.0180. The number of ether oxygens (including phenoxy) is 6. The number of amides is 6. The summed E-state index contributed by atoms with van der Waals surface area (Å²) in [6, 6.07) is -1.39. The van der Waals surface area contributed by atoms with Crippen LogP contribution in [-0.2, 0) is 76.4 Å². The van der Waals surface area contributed by atoms with Gasteiger partial charge in [-0.15, -0.1) is 11.6 Å². The van der Waals surface area contributed by atoms with Crippen molar-refractivity contribution in [1.82, 2.24) is 31.9 Å². The zero-order chi connectivity index (χ0) is 56.1. The molecule has 0 heterocycles. The molecule has 24 nitrogen and oxygen atoms in total. The molecule has 0 spiro atoms. The highest BCUT2D eigenvalue weighted by Gasteiger charge is 2.76. The number of halogens is 2. The van der Waals surface area contributed by atoms with Gasteiger partial charge in [0.1, 0.15) is 19.4 Å². The first-order valence-corrected chi connectivity index (χ1v) is 27.0. The van der Waals surface area contributed by atoms with Crippen LogP contribution in [0.15, 0.2) is 23.8 Å². The number of rotatable bonds is 34. The van der Waals surface area contributed by atoms with Crippen LogP contribution in [0.5, 0.6) is 0 Å². The van der Waals surface area contributed by atoms with E-state index in [0.717, 1.165) is 5.57 Å². The number of fused-ring (bicyclic) bond motifs is 5. The van der Waals surface area contributed by atoms with Crippen LogP contribution in [0, 0.1) is 28.6 Å². The van der Waals surface area contributed by atoms with Gasteiger partial charge < -0.3 is 70.5 Å². The van der Waals surface area contributed by atoms with E-state index in [9.17, 15) is 58.2 Å². The van der Waals surface area contributed by atoms with E-state index < -0.39 is 126 Å². The largest absolute Gasteiger partial charge is 0.481 e. The number of carboxylic acid groups (broad SMARTS) is 1. The summed E-state index contributed by atoms with van der Waals surface area (Å²) in [5.74, 6) is -7.59. The average Bonchev–Trinajstić information content (AvgIpc) is 3.60. The lowest BCUT2D eigenvalue weighted by atomic mass is 9.45. The summed E-state index contributed by atoms with van der Waals surface area (Å²) in [5, 5.41) is 35.9. The molecule has 26 heteroatoms. The van der Waals surface area contributed by atoms with Crippen LogP contribution in [-0.4, -0.2) is 189 Å². The second-order valence-corrected chi connectivity index (χ2v) is 20.7. The van der Waals surface area contributed by atoms with Crippen LogP contribution >= 0.6 is 27.5 Å². The average molecular weight is 1160 g/mol. The maximum absolute atomic E-state index is 14.5. The van der Waals surface area contributed by atoms with Gasteiger partial charge in [-0.25, -0.2) is 0 Å². The van der Waals surface area contributed by atoms with Gasteiger partial charge >= 0.3 is 11.9 Å². The number of allylic oxidation sites excluding steroid dienone is 4. The van der Waals surface area contributed by atoms with E-state index in [4.69, 9.17) is 40.0 Å². The molecule has 0 aromatic carbocycles. The first kappa shape index (κ1) is 63.6. The first-order valence-electron chi connectivity index (χ1n) is 25.5. The van der Waals surface area contributed by atoms with Crippen molar-refractivity contribution in [1.29, 1.82) is 0 Å². The van der Waals surface area contributed by atoms with Crippen LogP contribution in [0.1, 0.15) is 79.1 Å². The molecule has 8 N–H and O–H groups in total. The first-order chi connectivity index (χ1) is 36.1. The Morgan fingerprint density at radius 2 is 1.38 bits per heavy atom. The van der Waals surface area contributed by atoms with Crippen molar-refractivity contribution in [3.8, 4) is 0 Å². The predicted octanol–water partition coefficient (Wildman–Crippen LogP) is -0.110. The molecule has 4 aliphatic rings. The topological polar surface area (TPSA) is 339 Å². The Bertz CT molecular complexity index is 2170. The highest BCUT2D eigenvalue weighted by atomic mass is 79.9. The number of nitrogens with one attached hydrogen (secondary N) is 6. The number of hydrogen-bond donors (Lipinski definition) is 8. The van der Waals surface area contributed by atoms with Crippen molar-refractivity contribution >= 4 is 86.5 Å². The van der Waals surface area contributed by atoms with Gasteiger partial charge in [-0.2, -0.15) is 0 Å². The number of carboxylic acids is 1. The Labute approximate surface area is 455 Å². The summed E-state index contributed by atoms with van der Waals surface area (Å²) in [4.78, 5) is 124. The Hall–Kier alpha value is -4.89. The fourth-order valence-electron chi connectivity index (χ4n) is 10.9. The van der Waals surface area contributed by atoms with Gasteiger partial charge in [0, 0.05) is 42.6 Å². The van der Waals surface area contributed by atoms with E-state index in [2.05, 4.69) is 47.8 Å². The lowest BCUT2D eigenvalue weighted by Crippen LogP contribution is -2.69. The summed E-state index contributed by atoms with van der Waals surface area (Å²) in [7, 11) is 0. The SMILES string of the molecule is CCC(=O)O[C@]1(C(=O)COCNC(=O)CNC(=O)CNC(=O)[C@H](CCC(=O)O)NC(=O)CNC(=O)CCOCCOCCOCCOCCNC(=O)CBr)[C@@H](C)CC2[C@@H]3CCC4=CC(=O)C=C[C@]4(C)[C@@]3(Cl)[C@@H](O)C[C@@]21C. The predicted molar refractivity (Wildman–Crippen MR) is 273 cm³/mol. The van der Waals surface area contributed by atoms with Crippen LogP contribution in [0.3, 0.4) is 0 Å². The fourth-order valence-corrected chi connectivity index (χ4v) is 11.6. The third kappa shape index (κ3) is 16.6. The number of aliphatic hydroxyl groups is 1. The molecule has 0 bridgehead atoms. The van der Waals surface area contributed by atoms with Gasteiger partial charge in [-0.05, 0) is 56.1 Å². The molecule has 6 amide bonds. The molecular weight excluding hydrogens is 1090 g/mol. The van der Waals surface area contributed by atoms with Gasteiger partial charge in [-0.1, -0.05) is 55.3 Å². The van der Waals surface area contributed by atoms with Gasteiger partial charge in [0.25, 0.3) is 0 Å². The molecule has 0 aliphatic heterocycles. The molecule has 426 valence electrons. The van der Waals surface area contributed by atoms with E-state index in [0.29, 0.717) is 58.8 Å². The molecule has 3 saturated carbocycles. The number of aliphatic carboxylic acids is 1. The number of alkyl halides is 2. The number of aliphatic hydroxyl groups excluding tert-OH is 1. The molecule has 3 fully saturated rings. The highest BCUT2D eigenvalue weighted by Crippen LogP contribution is 2.72. The van der Waals surface area contributed by atoms with Crippen molar-refractivity contribution in [3.63, 3.8) is 0 Å². The number of Topliss-reactive ketones (excluding diaryl/α,β-unsaturated/α-hetero) is 1. The normalized spacial score (nSPS) is 26.6. The molecule has 9 atom stereocenters. The third-order valence-electron chi connectivity index (χ3n) is 14.7. The maximum atomic E-state index is 14.5. The van der Waals surface area contributed by atoms with Crippen molar-refractivity contribution in [2.45, 2.75) is 102 Å². The second kappa shape index (κ2) is 30.3. The van der Waals surface area contributed by atoms with Gasteiger partial charge in [0.2, 0.25) is 41.2 Å². The number of ketones is 2. The van der Waals surface area contributed by atoms with Crippen molar-refractivity contribution < 1.29 is 86.6 Å². The Morgan fingerprint density at radius 1 is 0.776 bits per heavy atom. The van der Waals surface area contributed by atoms with Gasteiger partial charge in [0.05, 0.1) is 88.8 Å². The number of hydrogen-bond acceptors (Lipinski definition) is 17. The number of carbonyl (C=O) groups excluding carboxylic acids is 9. The molecule has 76 heavy (non-hydrogen) atoms. The highest BCUT2D eigenvalue weighted by molar-refractivity contribution is 9.09. The molecule has 0 aromatic heterocycles. The molecule has 1 unspecified atom stereocenters. The summed E-state index contributed by atoms with van der Waals surface area (Å²) in [6.07, 6.45) is 4.27. The summed E-state index contributed by atoms with van der Waals surface area (Å²) in [5.41, 5.74) is -2.78. The Kier molecular flexibility index (Phi) is 25.4. The zero-order valence-electron chi connectivity index (χ0n) is 43.6. The lowest BCUT2D eigenvalue weighted by molar-refractivity contribution is -0.203. The smallest absolute Gasteiger partial charge is 0.306 e. The molecular formula is C50H74BrClN6O18. The van der Waals surface area contributed by atoms with E-state index in [-0.39, 0.29) is 74.4 Å². The van der Waals surface area contributed by atoms with E-state index in [1.165, 1.54) is 6.08 Å². The molecule has 0 saturated heterocycles. The summed E-state index contributed by atoms with van der Waals surface area (Å²) in [6.45, 7) is 6.95. The summed E-state index contributed by atoms with van der Waals surface area (Å²) >= 11 is 10.6. The standard InChI is InChI=1S/C50H74BrClN6O18/c1-5-45(69)76-50(31(2)22-35-34-7-6-32-23-33(59)10-12-47(32,3)49(34,52)37(60)24-48(35,50)4)38(61)29-75-30-57-42(65)26-55-41(64)27-56-46(70)36(8-9-44(67)68)58-43(66)28-54-39(62)11-14-71-16-18-73-20-21-74-19-17-72-15-13-53-40(63)25-51/h10,12,23,31,34-37,60H,5-9,11,13-22,24-30H2,1-4H3,(H,53,63)(H,54,62)(H,55,64)(H,56,70)(H,57,65)(H,58,66)(H,67,68)/t31-,34-,35?,36-,37-,47-,48-,49-,50-/m0/s1. The Balaban J connectivity index is 1.14. The van der Waals surface area contributed by atoms with Crippen molar-refractivity contribution in [2.24, 2.45) is 28.6 Å². The van der Waals surface area contributed by atoms with E-state index >= 15 is 0 Å². The summed E-state index contributed by atoms with van der Waals surface area (Å²) < 4.78 is 33.3. The Morgan fingerprint density at radius 3 is 2.03 bits per heavy atom. The lowest BCUT2D eigenvalue weighted by Gasteiger charge is -2.64. The fraction of sp³-hybridized carbons (Fsp3) is 0.720. The minimum absolute atomic E-state index is 0.0155. The van der Waals surface area contributed by atoms with Gasteiger partial charge in [-0.3, -0.25) is 47.9 Å². The van der Waals surface area contributed by atoms with Crippen molar-refractivity contribution in [3.05, 3.63) is 23.8 Å². The molecule has 4 aliphatic carbocycles. The zero-order valence-corrected chi connectivity index (χ0v) is 45.9. The number of esters is 1. The second-order valence-electron chi connectivity index (χ2n) is 19.5. The number of carbonyl (C=O) groups is 10. The van der Waals surface area contributed by atoms with Crippen LogP contribution in [0.25, 0.3) is 0 Å². The van der Waals surface area contributed by atoms with Crippen molar-refractivity contribution in [2.75, 3.05) is 97.7 Å². The monoisotopic (exact) mass is 1160 g/mol. The maximum Gasteiger partial charge on any atom is 0.306 e. The van der Waals surface area contributed by atoms with Crippen LogP contribution in [0.2, 0.25) is 0 Å². The van der Waals surface area contributed by atoms with E-state index in [1.54, 1.807) is 19.1 Å². The van der Waals surface area contributed by atoms with Gasteiger partial charge in [0.15, 0.2) is 11.4 Å². The minimum atomic E-state index is -1.71. The third-order valence-corrected chi connectivity index (χ3v) is 16.1. The van der Waals surface area contributed by atoms with Crippen LogP contribution in [0.4, 0.5) is 0 Å². The minimum Gasteiger partial charge on any atom is -0.481 e. The van der Waals surface area contributed by atoms with E-state index in [1.807, 2.05) is 20.8 Å². The molecule has 0 aromatic rings.